The number of carbonyl (C=O) groups excluding carboxylic acids is 2. The number of anilines is 1. The van der Waals surface area contributed by atoms with E-state index in [1.807, 2.05) is 38.1 Å². The predicted molar refractivity (Wildman–Crippen MR) is 90.9 cm³/mol. The number of hydrogen-bond acceptors (Lipinski definition) is 4. The van der Waals surface area contributed by atoms with Crippen molar-refractivity contribution in [2.24, 2.45) is 0 Å². The fourth-order valence-electron chi connectivity index (χ4n) is 2.76. The summed E-state index contributed by atoms with van der Waals surface area (Å²) in [6.45, 7) is 4.70. The summed E-state index contributed by atoms with van der Waals surface area (Å²) in [6.07, 6.45) is 0.744. The summed E-state index contributed by atoms with van der Waals surface area (Å²) in [5.41, 5.74) is 3.18. The molecule has 2 aromatic rings. The standard InChI is InChI=1S/C19H19NO4/c1-3-23-17-9-14(11-21)8-16-19(17)24-12-18(22)20(16)10-15-7-5-4-6-13(15)2/h4-9,11H,3,10,12H2,1-2H3. The van der Waals surface area contributed by atoms with E-state index >= 15 is 0 Å². The van der Waals surface area contributed by atoms with Gasteiger partial charge in [-0.05, 0) is 37.1 Å². The molecule has 5 nitrogen and oxygen atoms in total. The lowest BCUT2D eigenvalue weighted by Crippen LogP contribution is -2.38. The van der Waals surface area contributed by atoms with Crippen LogP contribution in [0.3, 0.4) is 0 Å². The van der Waals surface area contributed by atoms with Gasteiger partial charge in [0.15, 0.2) is 18.1 Å². The second kappa shape index (κ2) is 6.74. The molecule has 0 spiro atoms. The van der Waals surface area contributed by atoms with E-state index in [0.717, 1.165) is 17.4 Å². The Balaban J connectivity index is 2.06. The first-order valence-corrected chi connectivity index (χ1v) is 7.87. The molecule has 0 bridgehead atoms. The van der Waals surface area contributed by atoms with Gasteiger partial charge in [0.1, 0.15) is 6.29 Å². The van der Waals surface area contributed by atoms with Crippen molar-refractivity contribution in [1.29, 1.82) is 0 Å². The zero-order chi connectivity index (χ0) is 17.1. The molecule has 3 rings (SSSR count). The number of carbonyl (C=O) groups is 2. The Morgan fingerprint density at radius 1 is 1.29 bits per heavy atom. The molecule has 0 saturated carbocycles. The van der Waals surface area contributed by atoms with Gasteiger partial charge in [0.25, 0.3) is 5.91 Å². The molecule has 0 atom stereocenters. The van der Waals surface area contributed by atoms with E-state index < -0.39 is 0 Å². The van der Waals surface area contributed by atoms with Crippen LogP contribution in [-0.4, -0.2) is 25.4 Å². The summed E-state index contributed by atoms with van der Waals surface area (Å²) in [7, 11) is 0. The molecular formula is C19H19NO4. The van der Waals surface area contributed by atoms with Gasteiger partial charge >= 0.3 is 0 Å². The van der Waals surface area contributed by atoms with Crippen LogP contribution in [0.5, 0.6) is 11.5 Å². The lowest BCUT2D eigenvalue weighted by molar-refractivity contribution is -0.121. The van der Waals surface area contributed by atoms with Gasteiger partial charge in [-0.3, -0.25) is 9.59 Å². The predicted octanol–water partition coefficient (Wildman–Crippen LogP) is 3.13. The number of amides is 1. The molecule has 0 saturated heterocycles. The molecule has 124 valence electrons. The molecule has 2 aromatic carbocycles. The van der Waals surface area contributed by atoms with Crippen LogP contribution in [0.15, 0.2) is 36.4 Å². The van der Waals surface area contributed by atoms with Crippen molar-refractivity contribution in [2.45, 2.75) is 20.4 Å². The molecule has 1 aliphatic heterocycles. The van der Waals surface area contributed by atoms with E-state index in [2.05, 4.69) is 0 Å². The number of nitrogens with zero attached hydrogens (tertiary/aromatic N) is 1. The van der Waals surface area contributed by atoms with Gasteiger partial charge in [-0.15, -0.1) is 0 Å². The van der Waals surface area contributed by atoms with E-state index in [4.69, 9.17) is 9.47 Å². The molecule has 0 N–H and O–H groups in total. The van der Waals surface area contributed by atoms with Crippen LogP contribution in [0.25, 0.3) is 0 Å². The largest absolute Gasteiger partial charge is 0.490 e. The van der Waals surface area contributed by atoms with Gasteiger partial charge in [0, 0.05) is 5.56 Å². The van der Waals surface area contributed by atoms with Gasteiger partial charge in [-0.2, -0.15) is 0 Å². The van der Waals surface area contributed by atoms with Crippen molar-refractivity contribution < 1.29 is 19.1 Å². The molecular weight excluding hydrogens is 306 g/mol. The molecule has 1 heterocycles. The van der Waals surface area contributed by atoms with Crippen LogP contribution >= 0.6 is 0 Å². The van der Waals surface area contributed by atoms with Crippen molar-refractivity contribution in [2.75, 3.05) is 18.1 Å². The Morgan fingerprint density at radius 3 is 2.79 bits per heavy atom. The van der Waals surface area contributed by atoms with E-state index in [1.54, 1.807) is 17.0 Å². The van der Waals surface area contributed by atoms with Gasteiger partial charge < -0.3 is 14.4 Å². The summed E-state index contributed by atoms with van der Waals surface area (Å²) >= 11 is 0. The quantitative estimate of drug-likeness (QED) is 0.793. The van der Waals surface area contributed by atoms with Crippen molar-refractivity contribution in [3.8, 4) is 11.5 Å². The number of aldehydes is 1. The summed E-state index contributed by atoms with van der Waals surface area (Å²) in [5, 5.41) is 0. The monoisotopic (exact) mass is 325 g/mol. The second-order valence-electron chi connectivity index (χ2n) is 5.61. The number of ether oxygens (including phenoxy) is 2. The minimum Gasteiger partial charge on any atom is -0.490 e. The average Bonchev–Trinajstić information content (AvgIpc) is 2.59. The lowest BCUT2D eigenvalue weighted by atomic mass is 10.1. The molecule has 0 radical (unpaired) electrons. The highest BCUT2D eigenvalue weighted by Gasteiger charge is 2.29. The Labute approximate surface area is 140 Å². The van der Waals surface area contributed by atoms with E-state index in [-0.39, 0.29) is 12.5 Å². The highest BCUT2D eigenvalue weighted by molar-refractivity contribution is 5.99. The number of aryl methyl sites for hydroxylation is 1. The van der Waals surface area contributed by atoms with Crippen LogP contribution in [0.1, 0.15) is 28.4 Å². The fourth-order valence-corrected chi connectivity index (χ4v) is 2.76. The molecule has 0 aromatic heterocycles. The lowest BCUT2D eigenvalue weighted by Gasteiger charge is -2.31. The number of benzene rings is 2. The number of hydrogen-bond donors (Lipinski definition) is 0. The SMILES string of the molecule is CCOc1cc(C=O)cc2c1OCC(=O)N2Cc1ccccc1C. The van der Waals surface area contributed by atoms with Crippen molar-refractivity contribution in [1.82, 2.24) is 0 Å². The second-order valence-corrected chi connectivity index (χ2v) is 5.61. The normalized spacial score (nSPS) is 13.2. The topological polar surface area (TPSA) is 55.8 Å². The van der Waals surface area contributed by atoms with Crippen molar-refractivity contribution in [3.05, 3.63) is 53.1 Å². The molecule has 1 aliphatic rings. The third-order valence-corrected chi connectivity index (χ3v) is 4.02. The van der Waals surface area contributed by atoms with Crippen LogP contribution in [0.2, 0.25) is 0 Å². The summed E-state index contributed by atoms with van der Waals surface area (Å²) in [5.74, 6) is 0.853. The van der Waals surface area contributed by atoms with Gasteiger partial charge in [0.2, 0.25) is 0 Å². The Hall–Kier alpha value is -2.82. The minimum absolute atomic E-state index is 0.0423. The molecule has 0 unspecified atom stereocenters. The fraction of sp³-hybridized carbons (Fsp3) is 0.263. The van der Waals surface area contributed by atoms with Crippen molar-refractivity contribution in [3.63, 3.8) is 0 Å². The maximum absolute atomic E-state index is 12.4. The van der Waals surface area contributed by atoms with Gasteiger partial charge in [-0.1, -0.05) is 24.3 Å². The van der Waals surface area contributed by atoms with Crippen LogP contribution in [0, 0.1) is 6.92 Å². The van der Waals surface area contributed by atoms with Crippen LogP contribution in [0.4, 0.5) is 5.69 Å². The Kier molecular flexibility index (Phi) is 4.51. The number of rotatable bonds is 5. The zero-order valence-electron chi connectivity index (χ0n) is 13.7. The molecule has 0 aliphatic carbocycles. The summed E-state index contributed by atoms with van der Waals surface area (Å²) in [6, 6.07) is 11.2. The molecule has 1 amide bonds. The summed E-state index contributed by atoms with van der Waals surface area (Å²) in [4.78, 5) is 25.3. The third-order valence-electron chi connectivity index (χ3n) is 4.02. The Bertz CT molecular complexity index is 785. The molecule has 24 heavy (non-hydrogen) atoms. The summed E-state index contributed by atoms with van der Waals surface area (Å²) < 4.78 is 11.2. The minimum atomic E-state index is -0.142. The first-order chi connectivity index (χ1) is 11.6. The van der Waals surface area contributed by atoms with Crippen molar-refractivity contribution >= 4 is 17.9 Å². The zero-order valence-corrected chi connectivity index (χ0v) is 13.7. The highest BCUT2D eigenvalue weighted by atomic mass is 16.5. The molecule has 0 fully saturated rings. The smallest absolute Gasteiger partial charge is 0.265 e. The van der Waals surface area contributed by atoms with E-state index in [0.29, 0.717) is 35.9 Å². The van der Waals surface area contributed by atoms with E-state index in [9.17, 15) is 9.59 Å². The Morgan fingerprint density at radius 2 is 2.08 bits per heavy atom. The maximum atomic E-state index is 12.4. The van der Waals surface area contributed by atoms with Crippen LogP contribution in [-0.2, 0) is 11.3 Å². The molecule has 5 heteroatoms. The van der Waals surface area contributed by atoms with Crippen LogP contribution < -0.4 is 14.4 Å². The third kappa shape index (κ3) is 2.97. The first kappa shape index (κ1) is 16.1. The van der Waals surface area contributed by atoms with E-state index in [1.165, 1.54) is 0 Å². The van der Waals surface area contributed by atoms with Gasteiger partial charge in [0.05, 0.1) is 18.8 Å². The first-order valence-electron chi connectivity index (χ1n) is 7.87. The maximum Gasteiger partial charge on any atom is 0.265 e. The highest BCUT2D eigenvalue weighted by Crippen LogP contribution is 2.42. The van der Waals surface area contributed by atoms with Gasteiger partial charge in [-0.25, -0.2) is 0 Å². The average molecular weight is 325 g/mol. The number of fused-ring (bicyclic) bond motifs is 1.